The number of urea groups is 1. The zero-order valence-corrected chi connectivity index (χ0v) is 15.2. The van der Waals surface area contributed by atoms with E-state index in [1.807, 2.05) is 53.0 Å². The normalized spacial score (nSPS) is 19.0. The summed E-state index contributed by atoms with van der Waals surface area (Å²) in [6, 6.07) is 10.1. The third-order valence-corrected chi connectivity index (χ3v) is 4.93. The largest absolute Gasteiger partial charge is 0.336 e. The zero-order valence-electron chi connectivity index (χ0n) is 15.2. The molecule has 1 N–H and O–H groups in total. The van der Waals surface area contributed by atoms with Gasteiger partial charge >= 0.3 is 6.03 Å². The second-order valence-electron chi connectivity index (χ2n) is 6.90. The van der Waals surface area contributed by atoms with E-state index in [2.05, 4.69) is 29.3 Å². The highest BCUT2D eigenvalue weighted by Crippen LogP contribution is 2.21. The quantitative estimate of drug-likeness (QED) is 0.928. The van der Waals surface area contributed by atoms with Crippen molar-refractivity contribution in [3.8, 4) is 0 Å². The van der Waals surface area contributed by atoms with Crippen molar-refractivity contribution in [2.75, 3.05) is 27.2 Å². The smallest absolute Gasteiger partial charge is 0.318 e. The Balaban J connectivity index is 1.79. The molecule has 0 saturated carbocycles. The van der Waals surface area contributed by atoms with E-state index in [9.17, 15) is 4.79 Å². The lowest BCUT2D eigenvalue weighted by Crippen LogP contribution is -2.51. The Kier molecular flexibility index (Phi) is 5.38. The maximum absolute atomic E-state index is 12.9. The van der Waals surface area contributed by atoms with E-state index in [4.69, 9.17) is 0 Å². The molecule has 3 rings (SSSR count). The van der Waals surface area contributed by atoms with Crippen LogP contribution in [0.15, 0.2) is 42.7 Å². The second kappa shape index (κ2) is 7.70. The van der Waals surface area contributed by atoms with Crippen molar-refractivity contribution < 1.29 is 4.79 Å². The molecule has 1 aromatic carbocycles. The van der Waals surface area contributed by atoms with Crippen molar-refractivity contribution in [1.82, 2.24) is 24.7 Å². The van der Waals surface area contributed by atoms with Gasteiger partial charge in [-0.15, -0.1) is 0 Å². The van der Waals surface area contributed by atoms with Crippen LogP contribution in [-0.4, -0.2) is 58.6 Å². The highest BCUT2D eigenvalue weighted by atomic mass is 16.2. The van der Waals surface area contributed by atoms with Gasteiger partial charge in [0.2, 0.25) is 0 Å². The summed E-state index contributed by atoms with van der Waals surface area (Å²) in [7, 11) is 6.10. The van der Waals surface area contributed by atoms with Crippen LogP contribution in [0.25, 0.3) is 0 Å². The van der Waals surface area contributed by atoms with Gasteiger partial charge < -0.3 is 19.7 Å². The minimum Gasteiger partial charge on any atom is -0.336 e. The summed E-state index contributed by atoms with van der Waals surface area (Å²) in [5.74, 6) is 0.834. The van der Waals surface area contributed by atoms with Gasteiger partial charge in [0.25, 0.3) is 0 Å². The Morgan fingerprint density at radius 2 is 2.08 bits per heavy atom. The molecule has 0 aliphatic carbocycles. The van der Waals surface area contributed by atoms with Crippen molar-refractivity contribution in [2.24, 2.45) is 7.05 Å². The SMILES string of the molecule is CN(C)[C@H]1CCCN(C(=O)N[C@H](c2ccccc2)c2nccn2C)C1. The van der Waals surface area contributed by atoms with Crippen LogP contribution in [0.1, 0.15) is 30.3 Å². The molecule has 1 aliphatic rings. The van der Waals surface area contributed by atoms with E-state index in [0.717, 1.165) is 37.3 Å². The second-order valence-corrected chi connectivity index (χ2v) is 6.90. The number of aryl methyl sites for hydroxylation is 1. The number of hydrogen-bond acceptors (Lipinski definition) is 3. The predicted molar refractivity (Wildman–Crippen MR) is 98.3 cm³/mol. The van der Waals surface area contributed by atoms with E-state index in [1.165, 1.54) is 0 Å². The van der Waals surface area contributed by atoms with Crippen molar-refractivity contribution in [2.45, 2.75) is 24.9 Å². The van der Waals surface area contributed by atoms with E-state index in [1.54, 1.807) is 6.20 Å². The lowest BCUT2D eigenvalue weighted by Gasteiger charge is -2.36. The van der Waals surface area contributed by atoms with Crippen LogP contribution >= 0.6 is 0 Å². The summed E-state index contributed by atoms with van der Waals surface area (Å²) < 4.78 is 1.96. The first kappa shape index (κ1) is 17.5. The van der Waals surface area contributed by atoms with E-state index < -0.39 is 0 Å². The molecule has 1 aliphatic heterocycles. The summed E-state index contributed by atoms with van der Waals surface area (Å²) in [6.45, 7) is 1.57. The van der Waals surface area contributed by atoms with Gasteiger partial charge in [-0.3, -0.25) is 0 Å². The first-order chi connectivity index (χ1) is 12.1. The van der Waals surface area contributed by atoms with Gasteiger partial charge in [-0.05, 0) is 32.5 Å². The molecule has 2 atom stereocenters. The molecule has 6 nitrogen and oxygen atoms in total. The number of nitrogens with zero attached hydrogens (tertiary/aromatic N) is 4. The minimum absolute atomic E-state index is 0.0246. The molecule has 2 heterocycles. The van der Waals surface area contributed by atoms with Crippen molar-refractivity contribution in [3.63, 3.8) is 0 Å². The number of carbonyl (C=O) groups is 1. The summed E-state index contributed by atoms with van der Waals surface area (Å²) in [4.78, 5) is 21.5. The molecular weight excluding hydrogens is 314 g/mol. The summed E-state index contributed by atoms with van der Waals surface area (Å²) >= 11 is 0. The molecule has 1 aromatic heterocycles. The first-order valence-corrected chi connectivity index (χ1v) is 8.80. The van der Waals surface area contributed by atoms with Crippen LogP contribution in [0.3, 0.4) is 0 Å². The summed E-state index contributed by atoms with van der Waals surface area (Å²) in [5, 5.41) is 3.19. The van der Waals surface area contributed by atoms with Crippen LogP contribution in [0.5, 0.6) is 0 Å². The topological polar surface area (TPSA) is 53.4 Å². The number of likely N-dealkylation sites (N-methyl/N-ethyl adjacent to an activating group) is 1. The van der Waals surface area contributed by atoms with Gasteiger partial charge in [0, 0.05) is 38.6 Å². The zero-order chi connectivity index (χ0) is 17.8. The molecule has 0 unspecified atom stereocenters. The molecule has 0 bridgehead atoms. The highest BCUT2D eigenvalue weighted by molar-refractivity contribution is 5.75. The van der Waals surface area contributed by atoms with Crippen LogP contribution in [-0.2, 0) is 7.05 Å². The standard InChI is InChI=1S/C19H27N5O/c1-22(2)16-10-7-12-24(14-16)19(25)21-17(15-8-5-4-6-9-15)18-20-11-13-23(18)3/h4-6,8-9,11,13,16-17H,7,10,12,14H2,1-3H3,(H,21,25)/t16-,17+/m0/s1. The molecule has 1 saturated heterocycles. The predicted octanol–water partition coefficient (Wildman–Crippen LogP) is 2.25. The number of likely N-dealkylation sites (tertiary alicyclic amines) is 1. The molecule has 2 amide bonds. The number of rotatable bonds is 4. The fraction of sp³-hybridized carbons (Fsp3) is 0.474. The van der Waals surface area contributed by atoms with Gasteiger partial charge in [-0.1, -0.05) is 30.3 Å². The van der Waals surface area contributed by atoms with Gasteiger partial charge in [-0.25, -0.2) is 9.78 Å². The molecule has 25 heavy (non-hydrogen) atoms. The Hall–Kier alpha value is -2.34. The molecular formula is C19H27N5O. The first-order valence-electron chi connectivity index (χ1n) is 8.80. The monoisotopic (exact) mass is 341 g/mol. The number of carbonyl (C=O) groups excluding carboxylic acids is 1. The fourth-order valence-electron chi connectivity index (χ4n) is 3.37. The number of aromatic nitrogens is 2. The van der Waals surface area contributed by atoms with Gasteiger partial charge in [0.15, 0.2) is 0 Å². The van der Waals surface area contributed by atoms with Gasteiger partial charge in [0.1, 0.15) is 11.9 Å². The molecule has 1 fully saturated rings. The number of benzene rings is 1. The minimum atomic E-state index is -0.256. The number of piperidine rings is 1. The number of nitrogens with one attached hydrogen (secondary N) is 1. The average Bonchev–Trinajstić information content (AvgIpc) is 3.06. The fourth-order valence-corrected chi connectivity index (χ4v) is 3.37. The Morgan fingerprint density at radius 1 is 1.32 bits per heavy atom. The Bertz CT molecular complexity index is 697. The number of amides is 2. The van der Waals surface area contributed by atoms with E-state index >= 15 is 0 Å². The highest BCUT2D eigenvalue weighted by Gasteiger charge is 2.28. The summed E-state index contributed by atoms with van der Waals surface area (Å²) in [5.41, 5.74) is 1.03. The van der Waals surface area contributed by atoms with Crippen molar-refractivity contribution in [3.05, 3.63) is 54.1 Å². The Morgan fingerprint density at radius 3 is 2.72 bits per heavy atom. The Labute approximate surface area is 149 Å². The van der Waals surface area contributed by atoms with E-state index in [0.29, 0.717) is 6.04 Å². The third-order valence-electron chi connectivity index (χ3n) is 4.93. The van der Waals surface area contributed by atoms with E-state index in [-0.39, 0.29) is 12.1 Å². The lowest BCUT2D eigenvalue weighted by molar-refractivity contribution is 0.138. The molecule has 0 spiro atoms. The van der Waals surface area contributed by atoms with Crippen molar-refractivity contribution in [1.29, 1.82) is 0 Å². The van der Waals surface area contributed by atoms with Crippen LogP contribution in [0, 0.1) is 0 Å². The lowest BCUT2D eigenvalue weighted by atomic mass is 10.0. The van der Waals surface area contributed by atoms with Gasteiger partial charge in [0.05, 0.1) is 0 Å². The molecule has 2 aromatic rings. The van der Waals surface area contributed by atoms with Crippen LogP contribution in [0.4, 0.5) is 4.79 Å². The average molecular weight is 341 g/mol. The molecule has 6 heteroatoms. The van der Waals surface area contributed by atoms with Crippen LogP contribution in [0.2, 0.25) is 0 Å². The molecule has 134 valence electrons. The van der Waals surface area contributed by atoms with Crippen LogP contribution < -0.4 is 5.32 Å². The maximum Gasteiger partial charge on any atom is 0.318 e. The van der Waals surface area contributed by atoms with Gasteiger partial charge in [-0.2, -0.15) is 0 Å². The summed E-state index contributed by atoms with van der Waals surface area (Å²) in [6.07, 6.45) is 5.84. The third kappa shape index (κ3) is 4.02. The number of imidazole rings is 1. The van der Waals surface area contributed by atoms with Crippen molar-refractivity contribution >= 4 is 6.03 Å². The maximum atomic E-state index is 12.9. The molecule has 0 radical (unpaired) electrons. The number of hydrogen-bond donors (Lipinski definition) is 1.